The molecule has 2 amide bonds. The molecular formula is C16H20N2O5S. The van der Waals surface area contributed by atoms with E-state index in [1.807, 2.05) is 0 Å². The Bertz CT molecular complexity index is 678. The van der Waals surface area contributed by atoms with E-state index >= 15 is 0 Å². The van der Waals surface area contributed by atoms with E-state index in [2.05, 4.69) is 5.32 Å². The lowest BCUT2D eigenvalue weighted by Crippen LogP contribution is -2.34. The molecule has 0 unspecified atom stereocenters. The zero-order chi connectivity index (χ0) is 17.3. The highest BCUT2D eigenvalue weighted by molar-refractivity contribution is 7.17. The number of ether oxygens (including phenoxy) is 2. The molecule has 1 aromatic rings. The third kappa shape index (κ3) is 3.29. The number of hydrogen-bond donors (Lipinski definition) is 2. The van der Waals surface area contributed by atoms with Gasteiger partial charge in [0, 0.05) is 11.5 Å². The smallest absolute Gasteiger partial charge is 0.336 e. The molecule has 8 heteroatoms. The number of carbonyl (C=O) groups is 3. The monoisotopic (exact) mass is 352 g/mol. The van der Waals surface area contributed by atoms with E-state index < -0.39 is 30.0 Å². The van der Waals surface area contributed by atoms with Gasteiger partial charge in [-0.3, -0.25) is 9.59 Å². The number of amides is 2. The molecule has 0 radical (unpaired) electrons. The first-order chi connectivity index (χ1) is 11.5. The number of nitrogens with one attached hydrogen (secondary N) is 1. The van der Waals surface area contributed by atoms with Gasteiger partial charge in [-0.1, -0.05) is 0 Å². The van der Waals surface area contributed by atoms with Crippen molar-refractivity contribution in [1.82, 2.24) is 0 Å². The van der Waals surface area contributed by atoms with Crippen LogP contribution in [-0.2, 0) is 31.9 Å². The van der Waals surface area contributed by atoms with Crippen LogP contribution in [0.3, 0.4) is 0 Å². The molecule has 1 aliphatic carbocycles. The SMILES string of the molecule is C[C@@H](OC(=O)[C@H]1CCCO1)C(=O)Nc1sc2c(c1C(N)=O)CCC2. The van der Waals surface area contributed by atoms with Crippen molar-refractivity contribution >= 4 is 34.1 Å². The molecule has 0 spiro atoms. The normalized spacial score (nSPS) is 20.5. The van der Waals surface area contributed by atoms with Gasteiger partial charge >= 0.3 is 5.97 Å². The Hall–Kier alpha value is -1.93. The average Bonchev–Trinajstić information content (AvgIpc) is 3.22. The predicted molar refractivity (Wildman–Crippen MR) is 88.0 cm³/mol. The number of aryl methyl sites for hydroxylation is 1. The van der Waals surface area contributed by atoms with Crippen LogP contribution in [0.15, 0.2) is 0 Å². The molecular weight excluding hydrogens is 332 g/mol. The lowest BCUT2D eigenvalue weighted by molar-refractivity contribution is -0.162. The Kier molecular flexibility index (Phi) is 4.86. The van der Waals surface area contributed by atoms with Gasteiger partial charge in [0.25, 0.3) is 11.8 Å². The van der Waals surface area contributed by atoms with Crippen LogP contribution < -0.4 is 11.1 Å². The van der Waals surface area contributed by atoms with Gasteiger partial charge in [0.15, 0.2) is 12.2 Å². The number of hydrogen-bond acceptors (Lipinski definition) is 6. The average molecular weight is 352 g/mol. The van der Waals surface area contributed by atoms with Crippen molar-refractivity contribution in [2.24, 2.45) is 5.73 Å². The fourth-order valence-electron chi connectivity index (χ4n) is 3.03. The fourth-order valence-corrected chi connectivity index (χ4v) is 4.33. The van der Waals surface area contributed by atoms with E-state index in [9.17, 15) is 14.4 Å². The highest BCUT2D eigenvalue weighted by atomic mass is 32.1. The van der Waals surface area contributed by atoms with Crippen LogP contribution in [0, 0.1) is 0 Å². The maximum atomic E-state index is 12.3. The molecule has 1 aromatic heterocycles. The summed E-state index contributed by atoms with van der Waals surface area (Å²) in [5.74, 6) is -1.56. The molecule has 1 fully saturated rings. The Labute approximate surface area is 143 Å². The van der Waals surface area contributed by atoms with Gasteiger partial charge in [0.2, 0.25) is 0 Å². The van der Waals surface area contributed by atoms with E-state index in [0.717, 1.165) is 36.1 Å². The van der Waals surface area contributed by atoms with Gasteiger partial charge in [-0.15, -0.1) is 11.3 Å². The Morgan fingerprint density at radius 3 is 2.79 bits per heavy atom. The third-order valence-corrected chi connectivity index (χ3v) is 5.47. The zero-order valence-corrected chi connectivity index (χ0v) is 14.2. The number of rotatable bonds is 5. The lowest BCUT2D eigenvalue weighted by Gasteiger charge is -2.16. The molecule has 24 heavy (non-hydrogen) atoms. The van der Waals surface area contributed by atoms with Gasteiger partial charge in [0.05, 0.1) is 5.56 Å². The summed E-state index contributed by atoms with van der Waals surface area (Å²) in [5, 5.41) is 3.12. The first-order valence-corrected chi connectivity index (χ1v) is 8.86. The van der Waals surface area contributed by atoms with Crippen molar-refractivity contribution < 1.29 is 23.9 Å². The van der Waals surface area contributed by atoms with Crippen molar-refractivity contribution in [3.63, 3.8) is 0 Å². The first-order valence-electron chi connectivity index (χ1n) is 8.04. The molecule has 0 saturated carbocycles. The molecule has 2 aliphatic rings. The molecule has 0 bridgehead atoms. The number of primary amides is 1. The van der Waals surface area contributed by atoms with Gasteiger partial charge in [-0.25, -0.2) is 4.79 Å². The second-order valence-corrected chi connectivity index (χ2v) is 7.10. The van der Waals surface area contributed by atoms with Gasteiger partial charge in [-0.2, -0.15) is 0 Å². The second kappa shape index (κ2) is 6.90. The van der Waals surface area contributed by atoms with Crippen molar-refractivity contribution in [1.29, 1.82) is 0 Å². The van der Waals surface area contributed by atoms with Crippen molar-refractivity contribution in [2.45, 2.75) is 51.2 Å². The van der Waals surface area contributed by atoms with E-state index in [1.165, 1.54) is 18.3 Å². The van der Waals surface area contributed by atoms with Crippen LogP contribution >= 0.6 is 11.3 Å². The van der Waals surface area contributed by atoms with Crippen molar-refractivity contribution in [3.8, 4) is 0 Å². The van der Waals surface area contributed by atoms with E-state index in [4.69, 9.17) is 15.2 Å². The predicted octanol–water partition coefficient (Wildman–Crippen LogP) is 1.38. The molecule has 2 heterocycles. The summed E-state index contributed by atoms with van der Waals surface area (Å²) in [6, 6.07) is 0. The largest absolute Gasteiger partial charge is 0.451 e. The Morgan fingerprint density at radius 2 is 2.12 bits per heavy atom. The number of carbonyl (C=O) groups excluding carboxylic acids is 3. The fraction of sp³-hybridized carbons (Fsp3) is 0.562. The number of nitrogens with two attached hydrogens (primary N) is 1. The minimum atomic E-state index is -0.973. The standard InChI is InChI=1S/C16H20N2O5S/c1-8(23-16(21)10-5-3-7-22-10)14(20)18-15-12(13(17)19)9-4-2-6-11(9)24-15/h8,10H,2-7H2,1H3,(H2,17,19)(H,18,20)/t8-,10-/m1/s1. The zero-order valence-electron chi connectivity index (χ0n) is 13.4. The minimum Gasteiger partial charge on any atom is -0.451 e. The van der Waals surface area contributed by atoms with Gasteiger partial charge in [0.1, 0.15) is 5.00 Å². The maximum absolute atomic E-state index is 12.3. The van der Waals surface area contributed by atoms with Gasteiger partial charge in [-0.05, 0) is 44.6 Å². The quantitative estimate of drug-likeness (QED) is 0.779. The molecule has 3 N–H and O–H groups in total. The second-order valence-electron chi connectivity index (χ2n) is 6.00. The lowest BCUT2D eigenvalue weighted by atomic mass is 10.1. The van der Waals surface area contributed by atoms with Crippen LogP contribution in [0.1, 0.15) is 47.0 Å². The van der Waals surface area contributed by atoms with Crippen LogP contribution in [0.5, 0.6) is 0 Å². The van der Waals surface area contributed by atoms with Crippen LogP contribution in [-0.4, -0.2) is 36.6 Å². The van der Waals surface area contributed by atoms with Crippen molar-refractivity contribution in [2.75, 3.05) is 11.9 Å². The molecule has 2 atom stereocenters. The number of thiophene rings is 1. The Balaban J connectivity index is 1.66. The van der Waals surface area contributed by atoms with E-state index in [1.54, 1.807) is 0 Å². The molecule has 3 rings (SSSR count). The summed E-state index contributed by atoms with van der Waals surface area (Å²) in [6.07, 6.45) is 2.53. The van der Waals surface area contributed by atoms with Crippen LogP contribution in [0.25, 0.3) is 0 Å². The van der Waals surface area contributed by atoms with Crippen LogP contribution in [0.4, 0.5) is 5.00 Å². The summed E-state index contributed by atoms with van der Waals surface area (Å²) in [6.45, 7) is 2.02. The molecule has 7 nitrogen and oxygen atoms in total. The topological polar surface area (TPSA) is 108 Å². The summed E-state index contributed by atoms with van der Waals surface area (Å²) in [4.78, 5) is 37.0. The Morgan fingerprint density at radius 1 is 1.33 bits per heavy atom. The molecule has 1 aliphatic heterocycles. The van der Waals surface area contributed by atoms with Gasteiger partial charge < -0.3 is 20.5 Å². The highest BCUT2D eigenvalue weighted by Crippen LogP contribution is 2.38. The summed E-state index contributed by atoms with van der Waals surface area (Å²) in [5.41, 5.74) is 6.79. The first kappa shape index (κ1) is 16.9. The maximum Gasteiger partial charge on any atom is 0.336 e. The van der Waals surface area contributed by atoms with Crippen LogP contribution in [0.2, 0.25) is 0 Å². The third-order valence-electron chi connectivity index (χ3n) is 4.26. The van der Waals surface area contributed by atoms with Crippen molar-refractivity contribution in [3.05, 3.63) is 16.0 Å². The summed E-state index contributed by atoms with van der Waals surface area (Å²) >= 11 is 1.37. The highest BCUT2D eigenvalue weighted by Gasteiger charge is 2.30. The summed E-state index contributed by atoms with van der Waals surface area (Å²) in [7, 11) is 0. The number of esters is 1. The minimum absolute atomic E-state index is 0.388. The summed E-state index contributed by atoms with van der Waals surface area (Å²) < 4.78 is 10.4. The molecule has 0 aromatic carbocycles. The van der Waals surface area contributed by atoms with E-state index in [0.29, 0.717) is 23.6 Å². The molecule has 130 valence electrons. The molecule has 1 saturated heterocycles. The number of fused-ring (bicyclic) bond motifs is 1. The van der Waals surface area contributed by atoms with E-state index in [-0.39, 0.29) is 0 Å². The number of anilines is 1.